The van der Waals surface area contributed by atoms with Crippen molar-refractivity contribution in [2.24, 2.45) is 0 Å². The van der Waals surface area contributed by atoms with Crippen LogP contribution in [0.1, 0.15) is 5.69 Å². The molecule has 1 aliphatic heterocycles. The minimum atomic E-state index is 0.629. The number of furan rings is 1. The lowest BCUT2D eigenvalue weighted by molar-refractivity contribution is 0.230. The van der Waals surface area contributed by atoms with Crippen LogP contribution in [0.5, 0.6) is 0 Å². The van der Waals surface area contributed by atoms with Crippen LogP contribution in [0.25, 0.3) is 11.5 Å². The summed E-state index contributed by atoms with van der Waals surface area (Å²) in [4.78, 5) is 6.83. The van der Waals surface area contributed by atoms with E-state index < -0.39 is 0 Å². The smallest absolute Gasteiger partial charge is 0.229 e. The van der Waals surface area contributed by atoms with Gasteiger partial charge in [0.2, 0.25) is 5.89 Å². The Morgan fingerprint density at radius 1 is 1.29 bits per heavy atom. The highest BCUT2D eigenvalue weighted by Crippen LogP contribution is 2.19. The van der Waals surface area contributed by atoms with Gasteiger partial charge >= 0.3 is 0 Å². The highest BCUT2D eigenvalue weighted by Gasteiger charge is 2.13. The van der Waals surface area contributed by atoms with Gasteiger partial charge in [0.25, 0.3) is 0 Å². The largest absolute Gasteiger partial charge is 0.472 e. The molecule has 0 aliphatic carbocycles. The predicted molar refractivity (Wildman–Crippen MR) is 62.4 cm³/mol. The molecule has 1 saturated heterocycles. The number of oxazole rings is 1. The maximum atomic E-state index is 5.44. The molecule has 1 aliphatic rings. The number of nitrogens with zero attached hydrogens (tertiary/aromatic N) is 2. The molecule has 90 valence electrons. The summed E-state index contributed by atoms with van der Waals surface area (Å²) in [6.45, 7) is 5.07. The van der Waals surface area contributed by atoms with Crippen molar-refractivity contribution in [1.82, 2.24) is 15.2 Å². The molecule has 5 nitrogen and oxygen atoms in total. The zero-order chi connectivity index (χ0) is 11.5. The van der Waals surface area contributed by atoms with E-state index in [1.807, 2.05) is 6.07 Å². The van der Waals surface area contributed by atoms with Crippen LogP contribution in [0.4, 0.5) is 0 Å². The lowest BCUT2D eigenvalue weighted by Crippen LogP contribution is -2.42. The van der Waals surface area contributed by atoms with Crippen molar-refractivity contribution in [2.45, 2.75) is 6.54 Å². The summed E-state index contributed by atoms with van der Waals surface area (Å²) in [7, 11) is 0. The molecule has 0 aromatic carbocycles. The van der Waals surface area contributed by atoms with Gasteiger partial charge in [0, 0.05) is 32.7 Å². The summed E-state index contributed by atoms with van der Waals surface area (Å²) in [5.74, 6) is 0.629. The highest BCUT2D eigenvalue weighted by atomic mass is 16.3. The van der Waals surface area contributed by atoms with Crippen LogP contribution >= 0.6 is 0 Å². The fourth-order valence-electron chi connectivity index (χ4n) is 2.00. The Labute approximate surface area is 99.4 Å². The molecular formula is C12H15N3O2. The van der Waals surface area contributed by atoms with Crippen LogP contribution in [-0.4, -0.2) is 36.1 Å². The van der Waals surface area contributed by atoms with Crippen LogP contribution in [-0.2, 0) is 6.54 Å². The predicted octanol–water partition coefficient (Wildman–Crippen LogP) is 1.34. The first kappa shape index (κ1) is 10.6. The van der Waals surface area contributed by atoms with Crippen LogP contribution in [0, 0.1) is 0 Å². The van der Waals surface area contributed by atoms with Crippen molar-refractivity contribution in [3.8, 4) is 11.5 Å². The average Bonchev–Trinajstić information content (AvgIpc) is 3.00. The van der Waals surface area contributed by atoms with Gasteiger partial charge in [-0.25, -0.2) is 4.98 Å². The van der Waals surface area contributed by atoms with Gasteiger partial charge in [-0.1, -0.05) is 0 Å². The van der Waals surface area contributed by atoms with Crippen molar-refractivity contribution >= 4 is 0 Å². The van der Waals surface area contributed by atoms with Gasteiger partial charge < -0.3 is 14.2 Å². The van der Waals surface area contributed by atoms with Gasteiger partial charge in [-0.05, 0) is 6.07 Å². The minimum absolute atomic E-state index is 0.629. The van der Waals surface area contributed by atoms with E-state index in [4.69, 9.17) is 8.83 Å². The quantitative estimate of drug-likeness (QED) is 0.867. The second-order valence-electron chi connectivity index (χ2n) is 4.18. The second kappa shape index (κ2) is 4.73. The monoisotopic (exact) mass is 233 g/mol. The number of piperazine rings is 1. The Kier molecular flexibility index (Phi) is 2.94. The lowest BCUT2D eigenvalue weighted by atomic mass is 10.3. The molecular weight excluding hydrogens is 218 g/mol. The van der Waals surface area contributed by atoms with Gasteiger partial charge in [-0.2, -0.15) is 0 Å². The molecule has 0 atom stereocenters. The minimum Gasteiger partial charge on any atom is -0.472 e. The fraction of sp³-hybridized carbons (Fsp3) is 0.417. The Morgan fingerprint density at radius 3 is 2.94 bits per heavy atom. The maximum Gasteiger partial charge on any atom is 0.229 e. The molecule has 3 heterocycles. The lowest BCUT2D eigenvalue weighted by Gasteiger charge is -2.25. The van der Waals surface area contributed by atoms with E-state index in [0.29, 0.717) is 5.89 Å². The Balaban J connectivity index is 1.68. The van der Waals surface area contributed by atoms with Gasteiger partial charge in [0.15, 0.2) is 0 Å². The molecule has 0 radical (unpaired) electrons. The number of aromatic nitrogens is 1. The van der Waals surface area contributed by atoms with Crippen molar-refractivity contribution < 1.29 is 8.83 Å². The first-order valence-electron chi connectivity index (χ1n) is 5.82. The van der Waals surface area contributed by atoms with Gasteiger partial charge in [-0.3, -0.25) is 4.90 Å². The summed E-state index contributed by atoms with van der Waals surface area (Å²) >= 11 is 0. The van der Waals surface area contributed by atoms with Crippen molar-refractivity contribution in [1.29, 1.82) is 0 Å². The molecule has 3 rings (SSSR count). The number of nitrogens with one attached hydrogen (secondary N) is 1. The Bertz CT molecular complexity index is 458. The highest BCUT2D eigenvalue weighted by molar-refractivity contribution is 5.50. The van der Waals surface area contributed by atoms with Crippen LogP contribution < -0.4 is 5.32 Å². The Morgan fingerprint density at radius 2 is 2.18 bits per heavy atom. The number of hydrogen-bond donors (Lipinski definition) is 1. The number of hydrogen-bond acceptors (Lipinski definition) is 5. The normalized spacial score (nSPS) is 17.4. The Hall–Kier alpha value is -1.59. The van der Waals surface area contributed by atoms with Crippen molar-refractivity contribution in [2.75, 3.05) is 26.2 Å². The first-order valence-corrected chi connectivity index (χ1v) is 5.82. The third-order valence-corrected chi connectivity index (χ3v) is 2.92. The molecule has 5 heteroatoms. The third kappa shape index (κ3) is 2.40. The standard InChI is InChI=1S/C12H15N3O2/c1-6-16-8-10(1)12-14-11(9-17-12)7-15-4-2-13-3-5-15/h1,6,8-9,13H,2-5,7H2. The molecule has 0 saturated carbocycles. The zero-order valence-electron chi connectivity index (χ0n) is 9.56. The first-order chi connectivity index (χ1) is 8.42. The number of rotatable bonds is 3. The summed E-state index contributed by atoms with van der Waals surface area (Å²) in [5.41, 5.74) is 1.86. The zero-order valence-corrected chi connectivity index (χ0v) is 9.56. The topological polar surface area (TPSA) is 54.4 Å². The fourth-order valence-corrected chi connectivity index (χ4v) is 2.00. The molecule has 2 aromatic heterocycles. The summed E-state index contributed by atoms with van der Waals surface area (Å²) in [6, 6.07) is 1.85. The van der Waals surface area contributed by atoms with Gasteiger partial charge in [0.1, 0.15) is 12.5 Å². The van der Waals surface area contributed by atoms with Crippen molar-refractivity contribution in [3.05, 3.63) is 30.5 Å². The maximum absolute atomic E-state index is 5.44. The molecule has 1 N–H and O–H groups in total. The van der Waals surface area contributed by atoms with E-state index >= 15 is 0 Å². The molecule has 17 heavy (non-hydrogen) atoms. The molecule has 1 fully saturated rings. The van der Waals surface area contributed by atoms with E-state index in [9.17, 15) is 0 Å². The van der Waals surface area contributed by atoms with E-state index in [2.05, 4.69) is 15.2 Å². The summed E-state index contributed by atoms with van der Waals surface area (Å²) in [5, 5.41) is 3.33. The van der Waals surface area contributed by atoms with E-state index in [1.54, 1.807) is 18.8 Å². The van der Waals surface area contributed by atoms with E-state index in [0.717, 1.165) is 44.0 Å². The second-order valence-corrected chi connectivity index (χ2v) is 4.18. The molecule has 2 aromatic rings. The van der Waals surface area contributed by atoms with Crippen LogP contribution in [0.2, 0.25) is 0 Å². The van der Waals surface area contributed by atoms with Gasteiger partial charge in [0.05, 0.1) is 17.5 Å². The summed E-state index contributed by atoms with van der Waals surface area (Å²) in [6.07, 6.45) is 4.99. The molecule has 0 amide bonds. The van der Waals surface area contributed by atoms with Crippen LogP contribution in [0.3, 0.4) is 0 Å². The average molecular weight is 233 g/mol. The molecule has 0 bridgehead atoms. The third-order valence-electron chi connectivity index (χ3n) is 2.92. The van der Waals surface area contributed by atoms with E-state index in [1.165, 1.54) is 0 Å². The van der Waals surface area contributed by atoms with Crippen LogP contribution in [0.15, 0.2) is 33.7 Å². The molecule has 0 unspecified atom stereocenters. The van der Waals surface area contributed by atoms with Crippen molar-refractivity contribution in [3.63, 3.8) is 0 Å². The molecule has 0 spiro atoms. The summed E-state index contributed by atoms with van der Waals surface area (Å²) < 4.78 is 10.4. The van der Waals surface area contributed by atoms with E-state index in [-0.39, 0.29) is 0 Å². The van der Waals surface area contributed by atoms with Gasteiger partial charge in [-0.15, -0.1) is 0 Å². The SMILES string of the molecule is c1cc(-c2nc(CN3CCNCC3)co2)co1.